The van der Waals surface area contributed by atoms with Crippen molar-refractivity contribution in [2.45, 2.75) is 45.3 Å². The molecule has 2 heterocycles. The molecular weight excluding hydrogens is 270 g/mol. The van der Waals surface area contributed by atoms with Crippen LogP contribution in [-0.4, -0.2) is 35.3 Å². The van der Waals surface area contributed by atoms with E-state index in [1.54, 1.807) is 0 Å². The maximum atomic E-state index is 5.94. The van der Waals surface area contributed by atoms with Gasteiger partial charge in [0.25, 0.3) is 0 Å². The van der Waals surface area contributed by atoms with Crippen LogP contribution in [0, 0.1) is 13.8 Å². The summed E-state index contributed by atoms with van der Waals surface area (Å²) in [5.74, 6) is 0. The number of aryl methyl sites for hydroxylation is 2. The molecule has 0 amide bonds. The highest BCUT2D eigenvalue weighted by molar-refractivity contribution is 7.80. The number of rotatable bonds is 2. The summed E-state index contributed by atoms with van der Waals surface area (Å²) in [4.78, 5) is 7.39. The highest BCUT2D eigenvalue weighted by Gasteiger charge is 2.37. The normalized spacial score (nSPS) is 25.6. The van der Waals surface area contributed by atoms with E-state index in [4.69, 9.17) is 22.7 Å². The lowest BCUT2D eigenvalue weighted by Crippen LogP contribution is -2.49. The Bertz CT molecular complexity index is 546. The third-order valence-electron chi connectivity index (χ3n) is 4.35. The fourth-order valence-corrected chi connectivity index (χ4v) is 3.82. The summed E-state index contributed by atoms with van der Waals surface area (Å²) in [7, 11) is 0. The van der Waals surface area contributed by atoms with Gasteiger partial charge in [-0.25, -0.2) is 0 Å². The van der Waals surface area contributed by atoms with E-state index >= 15 is 0 Å². The molecule has 20 heavy (non-hydrogen) atoms. The van der Waals surface area contributed by atoms with Crippen molar-refractivity contribution < 1.29 is 4.74 Å². The molecule has 2 N–H and O–H groups in total. The number of fused-ring (bicyclic) bond motifs is 1. The van der Waals surface area contributed by atoms with E-state index in [1.807, 2.05) is 13.8 Å². The second kappa shape index (κ2) is 5.30. The lowest BCUT2D eigenvalue weighted by atomic mass is 10.0. The quantitative estimate of drug-likeness (QED) is 0.846. The number of hydrogen-bond donors (Lipinski definition) is 1. The molecule has 2 aliphatic rings. The van der Waals surface area contributed by atoms with E-state index in [0.29, 0.717) is 17.1 Å². The Balaban J connectivity index is 2.06. The lowest BCUT2D eigenvalue weighted by Gasteiger charge is -2.40. The number of thiocarbonyl (C=S) groups is 1. The summed E-state index contributed by atoms with van der Waals surface area (Å²) >= 11 is 5.25. The fraction of sp³-hybridized carbons (Fsp3) is 0.600. The number of morpholine rings is 1. The van der Waals surface area contributed by atoms with E-state index in [-0.39, 0.29) is 0 Å². The van der Waals surface area contributed by atoms with Gasteiger partial charge < -0.3 is 15.4 Å². The second-order valence-corrected chi connectivity index (χ2v) is 6.15. The van der Waals surface area contributed by atoms with E-state index in [1.165, 1.54) is 12.8 Å². The molecule has 0 bridgehead atoms. The number of aromatic nitrogens is 1. The minimum absolute atomic E-state index is 0.358. The molecule has 0 spiro atoms. The van der Waals surface area contributed by atoms with Crippen molar-refractivity contribution >= 4 is 22.9 Å². The molecule has 1 aliphatic carbocycles. The van der Waals surface area contributed by atoms with Gasteiger partial charge in [-0.05, 0) is 39.2 Å². The SMILES string of the molecule is Cc1cc(N2CCOC3CCCC32)c(C(N)=S)c(C)n1. The Morgan fingerprint density at radius 2 is 2.25 bits per heavy atom. The molecule has 0 aromatic carbocycles. The van der Waals surface area contributed by atoms with Crippen LogP contribution in [0.15, 0.2) is 6.07 Å². The van der Waals surface area contributed by atoms with E-state index < -0.39 is 0 Å². The van der Waals surface area contributed by atoms with Crippen molar-refractivity contribution in [3.8, 4) is 0 Å². The average molecular weight is 291 g/mol. The minimum atomic E-state index is 0.358. The molecule has 2 atom stereocenters. The summed E-state index contributed by atoms with van der Waals surface area (Å²) in [6, 6.07) is 2.57. The molecule has 108 valence electrons. The van der Waals surface area contributed by atoms with E-state index in [0.717, 1.165) is 42.2 Å². The predicted molar refractivity (Wildman–Crippen MR) is 84.3 cm³/mol. The Morgan fingerprint density at radius 1 is 1.45 bits per heavy atom. The maximum Gasteiger partial charge on any atom is 0.107 e. The molecule has 3 rings (SSSR count). The standard InChI is InChI=1S/C15H21N3OS/c1-9-8-12(14(15(16)20)10(2)17-9)18-6-7-19-13-5-3-4-11(13)18/h8,11,13H,3-7H2,1-2H3,(H2,16,20). The van der Waals surface area contributed by atoms with Crippen LogP contribution in [0.1, 0.15) is 36.2 Å². The highest BCUT2D eigenvalue weighted by atomic mass is 32.1. The zero-order valence-corrected chi connectivity index (χ0v) is 12.9. The van der Waals surface area contributed by atoms with Gasteiger partial charge in [-0.3, -0.25) is 4.98 Å². The van der Waals surface area contributed by atoms with E-state index in [2.05, 4.69) is 16.0 Å². The van der Waals surface area contributed by atoms with Crippen LogP contribution in [-0.2, 0) is 4.74 Å². The van der Waals surface area contributed by atoms with Gasteiger partial charge in [0, 0.05) is 17.9 Å². The summed E-state index contributed by atoms with van der Waals surface area (Å²) in [6.45, 7) is 5.68. The first-order valence-electron chi connectivity index (χ1n) is 7.24. The first-order chi connectivity index (χ1) is 9.58. The molecule has 1 aliphatic heterocycles. The number of ether oxygens (including phenoxy) is 1. The van der Waals surface area contributed by atoms with Gasteiger partial charge in [-0.1, -0.05) is 12.2 Å². The summed E-state index contributed by atoms with van der Waals surface area (Å²) in [5, 5.41) is 0. The Hall–Kier alpha value is -1.20. The lowest BCUT2D eigenvalue weighted by molar-refractivity contribution is 0.0256. The molecule has 4 nitrogen and oxygen atoms in total. The molecule has 1 saturated carbocycles. The molecule has 1 aromatic heterocycles. The molecule has 2 fully saturated rings. The predicted octanol–water partition coefficient (Wildman–Crippen LogP) is 2.09. The molecule has 5 heteroatoms. The second-order valence-electron chi connectivity index (χ2n) is 5.71. The highest BCUT2D eigenvalue weighted by Crippen LogP contribution is 2.35. The topological polar surface area (TPSA) is 51.4 Å². The Kier molecular flexibility index (Phi) is 3.65. The molecule has 0 radical (unpaired) electrons. The van der Waals surface area contributed by atoms with Crippen molar-refractivity contribution in [2.24, 2.45) is 5.73 Å². The van der Waals surface area contributed by atoms with Crippen molar-refractivity contribution in [3.63, 3.8) is 0 Å². The van der Waals surface area contributed by atoms with Crippen LogP contribution in [0.25, 0.3) is 0 Å². The fourth-order valence-electron chi connectivity index (χ4n) is 3.56. The van der Waals surface area contributed by atoms with Crippen LogP contribution in [0.3, 0.4) is 0 Å². The van der Waals surface area contributed by atoms with Gasteiger partial charge in [-0.2, -0.15) is 0 Å². The third kappa shape index (κ3) is 2.29. The number of anilines is 1. The molecular formula is C15H21N3OS. The van der Waals surface area contributed by atoms with Gasteiger partial charge in [0.1, 0.15) is 4.99 Å². The van der Waals surface area contributed by atoms with Gasteiger partial charge in [0.2, 0.25) is 0 Å². The average Bonchev–Trinajstić information content (AvgIpc) is 2.84. The number of nitrogens with two attached hydrogens (primary N) is 1. The van der Waals surface area contributed by atoms with Crippen molar-refractivity contribution in [1.29, 1.82) is 0 Å². The summed E-state index contributed by atoms with van der Waals surface area (Å²) in [6.07, 6.45) is 3.93. The first-order valence-corrected chi connectivity index (χ1v) is 7.65. The molecule has 2 unspecified atom stereocenters. The van der Waals surface area contributed by atoms with Crippen LogP contribution < -0.4 is 10.6 Å². The minimum Gasteiger partial charge on any atom is -0.389 e. The third-order valence-corrected chi connectivity index (χ3v) is 4.55. The number of hydrogen-bond acceptors (Lipinski definition) is 4. The zero-order valence-electron chi connectivity index (χ0n) is 12.1. The molecule has 1 saturated heterocycles. The van der Waals surface area contributed by atoms with E-state index in [9.17, 15) is 0 Å². The van der Waals surface area contributed by atoms with Crippen molar-refractivity contribution in [1.82, 2.24) is 4.98 Å². The van der Waals surface area contributed by atoms with Gasteiger partial charge >= 0.3 is 0 Å². The van der Waals surface area contributed by atoms with Crippen molar-refractivity contribution in [3.05, 3.63) is 23.0 Å². The van der Waals surface area contributed by atoms with Crippen LogP contribution >= 0.6 is 12.2 Å². The Morgan fingerprint density at radius 3 is 3.00 bits per heavy atom. The monoisotopic (exact) mass is 291 g/mol. The number of nitrogens with zero attached hydrogens (tertiary/aromatic N) is 2. The number of pyridine rings is 1. The maximum absolute atomic E-state index is 5.94. The van der Waals surface area contributed by atoms with Gasteiger partial charge in [0.05, 0.1) is 30.0 Å². The molecule has 1 aromatic rings. The van der Waals surface area contributed by atoms with Gasteiger partial charge in [0.15, 0.2) is 0 Å². The van der Waals surface area contributed by atoms with Crippen LogP contribution in [0.4, 0.5) is 5.69 Å². The largest absolute Gasteiger partial charge is 0.389 e. The van der Waals surface area contributed by atoms with Gasteiger partial charge in [-0.15, -0.1) is 0 Å². The Labute approximate surface area is 125 Å². The smallest absolute Gasteiger partial charge is 0.107 e. The summed E-state index contributed by atoms with van der Waals surface area (Å²) in [5.41, 5.74) is 9.95. The zero-order chi connectivity index (χ0) is 14.3. The van der Waals surface area contributed by atoms with Crippen LogP contribution in [0.5, 0.6) is 0 Å². The summed E-state index contributed by atoms with van der Waals surface area (Å²) < 4.78 is 5.89. The van der Waals surface area contributed by atoms with Crippen molar-refractivity contribution in [2.75, 3.05) is 18.1 Å². The van der Waals surface area contributed by atoms with Crippen LogP contribution in [0.2, 0.25) is 0 Å². The first kappa shape index (κ1) is 13.8.